The van der Waals surface area contributed by atoms with Crippen LogP contribution < -0.4 is 0 Å². The zero-order chi connectivity index (χ0) is 18.1. The van der Waals surface area contributed by atoms with Crippen molar-refractivity contribution < 1.29 is 9.22 Å². The third-order valence-corrected chi connectivity index (χ3v) is 4.96. The van der Waals surface area contributed by atoms with E-state index in [0.717, 1.165) is 12.8 Å². The Labute approximate surface area is 152 Å². The molecular weight excluding hydrogens is 312 g/mol. The molecule has 3 heteroatoms. The minimum Gasteiger partial charge on any atom is -0.520 e. The Balaban J connectivity index is 3.15. The second kappa shape index (κ2) is 15.8. The van der Waals surface area contributed by atoms with Gasteiger partial charge < -0.3 is 4.43 Å². The lowest BCUT2D eigenvalue weighted by Gasteiger charge is -2.17. The Morgan fingerprint density at radius 2 is 1.12 bits per heavy atom. The molecule has 0 aliphatic carbocycles. The molecular formula is C21H40O2Si. The highest BCUT2D eigenvalue weighted by molar-refractivity contribution is 6.71. The van der Waals surface area contributed by atoms with Gasteiger partial charge in [0.05, 0.1) is 0 Å². The summed E-state index contributed by atoms with van der Waals surface area (Å²) in [6.45, 7) is 6.18. The van der Waals surface area contributed by atoms with Crippen molar-refractivity contribution in [1.82, 2.24) is 0 Å². The van der Waals surface area contributed by atoms with E-state index < -0.39 is 8.32 Å². The Bertz CT molecular complexity index is 339. The first-order chi connectivity index (χ1) is 11.5. The van der Waals surface area contributed by atoms with Crippen molar-refractivity contribution in [2.45, 2.75) is 116 Å². The molecule has 0 aliphatic heterocycles. The molecule has 0 spiro atoms. The lowest BCUT2D eigenvalue weighted by atomic mass is 10.0. The molecule has 0 rings (SSSR count). The van der Waals surface area contributed by atoms with Gasteiger partial charge in [0.15, 0.2) is 0 Å². The van der Waals surface area contributed by atoms with Gasteiger partial charge in [-0.25, -0.2) is 0 Å². The van der Waals surface area contributed by atoms with Gasteiger partial charge in [0.1, 0.15) is 0 Å². The molecule has 0 aromatic heterocycles. The van der Waals surface area contributed by atoms with Crippen LogP contribution in [0.1, 0.15) is 96.3 Å². The zero-order valence-corrected chi connectivity index (χ0v) is 17.5. The van der Waals surface area contributed by atoms with E-state index in [4.69, 9.17) is 10.8 Å². The highest BCUT2D eigenvalue weighted by Crippen LogP contribution is 2.14. The van der Waals surface area contributed by atoms with Gasteiger partial charge in [0, 0.05) is 12.8 Å². The molecule has 0 radical (unpaired) electrons. The molecule has 0 aliphatic rings. The van der Waals surface area contributed by atoms with Crippen molar-refractivity contribution in [1.29, 1.82) is 0 Å². The van der Waals surface area contributed by atoms with E-state index in [1.54, 1.807) is 0 Å². The van der Waals surface area contributed by atoms with Crippen LogP contribution in [0.25, 0.3) is 0 Å². The molecule has 0 saturated heterocycles. The van der Waals surface area contributed by atoms with Gasteiger partial charge in [-0.1, -0.05) is 70.6 Å². The number of rotatable bonds is 16. The van der Waals surface area contributed by atoms with Crippen molar-refractivity contribution in [2.24, 2.45) is 0 Å². The molecule has 0 aromatic carbocycles. The van der Waals surface area contributed by atoms with E-state index in [-0.39, 0.29) is 5.97 Å². The first-order valence-electron chi connectivity index (χ1n) is 10.1. The topological polar surface area (TPSA) is 26.3 Å². The Hall–Kier alpha value is -0.753. The number of unbranched alkanes of at least 4 members (excludes halogenated alkanes) is 13. The minimum absolute atomic E-state index is 0.00783. The second-order valence-corrected chi connectivity index (χ2v) is 12.3. The standard InChI is InChI=1S/C21H40O2Si/c1-5-6-7-8-9-10-11-12-13-14-15-16-17-18-19-20-21(22)23-24(2,3)4/h1H,6-20H2,2-4H3. The summed E-state index contributed by atoms with van der Waals surface area (Å²) in [5, 5.41) is 0. The molecule has 24 heavy (non-hydrogen) atoms. The Kier molecular flexibility index (Phi) is 15.3. The molecule has 0 fully saturated rings. The highest BCUT2D eigenvalue weighted by Gasteiger charge is 2.19. The fourth-order valence-electron chi connectivity index (χ4n) is 2.83. The zero-order valence-electron chi connectivity index (χ0n) is 16.5. The van der Waals surface area contributed by atoms with E-state index in [1.165, 1.54) is 77.0 Å². The number of carbonyl (C=O) groups excluding carboxylic acids is 1. The van der Waals surface area contributed by atoms with Crippen LogP contribution in [-0.4, -0.2) is 14.3 Å². The number of carbonyl (C=O) groups is 1. The number of hydrogen-bond donors (Lipinski definition) is 0. The van der Waals surface area contributed by atoms with Crippen molar-refractivity contribution in [3.63, 3.8) is 0 Å². The predicted molar refractivity (Wildman–Crippen MR) is 108 cm³/mol. The summed E-state index contributed by atoms with van der Waals surface area (Å²) in [6, 6.07) is 0. The van der Waals surface area contributed by atoms with Gasteiger partial charge in [-0.15, -0.1) is 12.3 Å². The predicted octanol–water partition coefficient (Wildman–Crippen LogP) is 6.85. The number of terminal acetylenes is 1. The quantitative estimate of drug-likeness (QED) is 0.172. The van der Waals surface area contributed by atoms with Crippen molar-refractivity contribution in [3.8, 4) is 12.3 Å². The summed E-state index contributed by atoms with van der Waals surface area (Å²) in [5.74, 6) is 2.71. The minimum atomic E-state index is -1.69. The van der Waals surface area contributed by atoms with E-state index in [2.05, 4.69) is 25.6 Å². The van der Waals surface area contributed by atoms with Crippen LogP contribution in [0.4, 0.5) is 0 Å². The molecule has 0 bridgehead atoms. The van der Waals surface area contributed by atoms with Crippen LogP contribution >= 0.6 is 0 Å². The van der Waals surface area contributed by atoms with Crippen molar-refractivity contribution in [2.75, 3.05) is 0 Å². The SMILES string of the molecule is C#CCCCCCCCCCCCCCCCC(=O)O[Si](C)(C)C. The van der Waals surface area contributed by atoms with E-state index in [0.29, 0.717) is 6.42 Å². The van der Waals surface area contributed by atoms with Gasteiger partial charge in [-0.05, 0) is 32.5 Å². The second-order valence-electron chi connectivity index (χ2n) is 7.89. The summed E-state index contributed by atoms with van der Waals surface area (Å²) < 4.78 is 5.45. The Morgan fingerprint density at radius 3 is 1.50 bits per heavy atom. The fourth-order valence-corrected chi connectivity index (χ4v) is 3.62. The molecule has 0 amide bonds. The molecule has 0 N–H and O–H groups in total. The number of hydrogen-bond acceptors (Lipinski definition) is 2. The van der Waals surface area contributed by atoms with Crippen molar-refractivity contribution >= 4 is 14.3 Å². The lowest BCUT2D eigenvalue weighted by Crippen LogP contribution is -2.28. The normalized spacial score (nSPS) is 11.2. The molecule has 140 valence electrons. The molecule has 0 atom stereocenters. The van der Waals surface area contributed by atoms with Gasteiger partial charge >= 0.3 is 0 Å². The fraction of sp³-hybridized carbons (Fsp3) is 0.857. The van der Waals surface area contributed by atoms with Crippen LogP contribution in [0.5, 0.6) is 0 Å². The van der Waals surface area contributed by atoms with Crippen LogP contribution in [0, 0.1) is 12.3 Å². The van der Waals surface area contributed by atoms with Gasteiger partial charge in [0.25, 0.3) is 5.97 Å². The van der Waals surface area contributed by atoms with Gasteiger partial charge in [-0.3, -0.25) is 4.79 Å². The largest absolute Gasteiger partial charge is 0.520 e. The monoisotopic (exact) mass is 352 g/mol. The maximum Gasteiger partial charge on any atom is 0.292 e. The van der Waals surface area contributed by atoms with Gasteiger partial charge in [0.2, 0.25) is 8.32 Å². The van der Waals surface area contributed by atoms with Crippen LogP contribution in [0.15, 0.2) is 0 Å². The van der Waals surface area contributed by atoms with Crippen LogP contribution in [-0.2, 0) is 9.22 Å². The smallest absolute Gasteiger partial charge is 0.292 e. The molecule has 0 aromatic rings. The van der Waals surface area contributed by atoms with Crippen LogP contribution in [0.3, 0.4) is 0 Å². The van der Waals surface area contributed by atoms with E-state index in [9.17, 15) is 4.79 Å². The summed E-state index contributed by atoms with van der Waals surface area (Å²) in [7, 11) is -1.69. The third-order valence-electron chi connectivity index (χ3n) is 4.12. The van der Waals surface area contributed by atoms with E-state index in [1.807, 2.05) is 0 Å². The first kappa shape index (κ1) is 23.2. The molecule has 0 heterocycles. The average Bonchev–Trinajstić information content (AvgIpc) is 2.49. The summed E-state index contributed by atoms with van der Waals surface area (Å²) in [4.78, 5) is 11.6. The average molecular weight is 353 g/mol. The first-order valence-corrected chi connectivity index (χ1v) is 13.5. The summed E-state index contributed by atoms with van der Waals surface area (Å²) in [6.07, 6.45) is 23.6. The van der Waals surface area contributed by atoms with E-state index >= 15 is 0 Å². The Morgan fingerprint density at radius 1 is 0.750 bits per heavy atom. The van der Waals surface area contributed by atoms with Crippen LogP contribution in [0.2, 0.25) is 19.6 Å². The molecule has 2 nitrogen and oxygen atoms in total. The maximum atomic E-state index is 11.6. The summed E-state index contributed by atoms with van der Waals surface area (Å²) in [5.41, 5.74) is 0. The maximum absolute atomic E-state index is 11.6. The third kappa shape index (κ3) is 19.3. The molecule has 0 saturated carbocycles. The molecule has 0 unspecified atom stereocenters. The summed E-state index contributed by atoms with van der Waals surface area (Å²) >= 11 is 0. The lowest BCUT2D eigenvalue weighted by molar-refractivity contribution is -0.135. The highest BCUT2D eigenvalue weighted by atomic mass is 28.4. The van der Waals surface area contributed by atoms with Crippen molar-refractivity contribution in [3.05, 3.63) is 0 Å². The van der Waals surface area contributed by atoms with Gasteiger partial charge in [-0.2, -0.15) is 0 Å².